The van der Waals surface area contributed by atoms with Gasteiger partial charge >= 0.3 is 0 Å². The third kappa shape index (κ3) is 2.69. The standard InChI is InChI=1S/C5H7IN2O/c6-1-4(2-7)5(9)3-8/h2-4,7-8H,1H2. The Balaban J connectivity index is 3.93. The molecule has 0 aliphatic heterocycles. The van der Waals surface area contributed by atoms with Crippen LogP contribution in [0.1, 0.15) is 0 Å². The van der Waals surface area contributed by atoms with Crippen molar-refractivity contribution in [3.63, 3.8) is 0 Å². The summed E-state index contributed by atoms with van der Waals surface area (Å²) in [5.74, 6) is -0.678. The molecule has 0 rings (SSSR count). The monoisotopic (exact) mass is 238 g/mol. The molecule has 1 atom stereocenters. The van der Waals surface area contributed by atoms with Gasteiger partial charge < -0.3 is 10.8 Å². The van der Waals surface area contributed by atoms with Gasteiger partial charge in [0.25, 0.3) is 0 Å². The van der Waals surface area contributed by atoms with E-state index in [1.54, 1.807) is 0 Å². The van der Waals surface area contributed by atoms with Gasteiger partial charge in [0.15, 0.2) is 5.78 Å². The molecule has 0 aliphatic rings. The van der Waals surface area contributed by atoms with E-state index in [0.29, 0.717) is 4.43 Å². The molecule has 50 valence electrons. The van der Waals surface area contributed by atoms with Crippen molar-refractivity contribution < 1.29 is 4.79 Å². The molecule has 0 fully saturated rings. The van der Waals surface area contributed by atoms with Crippen LogP contribution in [0.5, 0.6) is 0 Å². The van der Waals surface area contributed by atoms with E-state index in [4.69, 9.17) is 10.8 Å². The minimum atomic E-state index is -0.386. The highest BCUT2D eigenvalue weighted by molar-refractivity contribution is 14.1. The molecule has 0 radical (unpaired) electrons. The Bertz CT molecular complexity index is 135. The average Bonchev–Trinajstić information content (AvgIpc) is 1.90. The number of carbonyl (C=O) groups is 1. The smallest absolute Gasteiger partial charge is 0.182 e. The van der Waals surface area contributed by atoms with Gasteiger partial charge in [0.05, 0.1) is 12.1 Å². The van der Waals surface area contributed by atoms with Crippen molar-refractivity contribution in [3.05, 3.63) is 0 Å². The number of alkyl halides is 1. The van der Waals surface area contributed by atoms with Crippen LogP contribution in [0.2, 0.25) is 0 Å². The summed E-state index contributed by atoms with van der Waals surface area (Å²) < 4.78 is 0.579. The Labute approximate surface area is 67.0 Å². The van der Waals surface area contributed by atoms with Gasteiger partial charge in [-0.25, -0.2) is 0 Å². The van der Waals surface area contributed by atoms with Crippen LogP contribution < -0.4 is 0 Å². The summed E-state index contributed by atoms with van der Waals surface area (Å²) in [5.41, 5.74) is 0. The summed E-state index contributed by atoms with van der Waals surface area (Å²) in [6, 6.07) is 0. The second kappa shape index (κ2) is 4.60. The third-order valence-corrected chi connectivity index (χ3v) is 1.82. The lowest BCUT2D eigenvalue weighted by molar-refractivity contribution is -0.113. The predicted molar refractivity (Wildman–Crippen MR) is 45.0 cm³/mol. The molecule has 2 N–H and O–H groups in total. The number of rotatable bonds is 4. The zero-order valence-electron chi connectivity index (χ0n) is 4.73. The normalized spacial score (nSPS) is 12.1. The Hall–Kier alpha value is -0.260. The van der Waals surface area contributed by atoms with Crippen molar-refractivity contribution in [1.29, 1.82) is 10.8 Å². The molecule has 0 amide bonds. The molecule has 3 nitrogen and oxygen atoms in total. The number of carbonyl (C=O) groups excluding carboxylic acids is 1. The van der Waals surface area contributed by atoms with Gasteiger partial charge in [0, 0.05) is 10.6 Å². The van der Waals surface area contributed by atoms with Crippen LogP contribution in [0.15, 0.2) is 0 Å². The molecule has 0 bridgehead atoms. The summed E-state index contributed by atoms with van der Waals surface area (Å²) >= 11 is 2.01. The molecular weight excluding hydrogens is 231 g/mol. The van der Waals surface area contributed by atoms with Crippen LogP contribution in [-0.4, -0.2) is 22.6 Å². The molecule has 0 aromatic carbocycles. The molecule has 9 heavy (non-hydrogen) atoms. The average molecular weight is 238 g/mol. The fourth-order valence-corrected chi connectivity index (χ4v) is 0.998. The van der Waals surface area contributed by atoms with Crippen LogP contribution in [0.25, 0.3) is 0 Å². The largest absolute Gasteiger partial charge is 0.312 e. The van der Waals surface area contributed by atoms with E-state index in [1.807, 2.05) is 22.6 Å². The Morgan fingerprint density at radius 3 is 2.33 bits per heavy atom. The van der Waals surface area contributed by atoms with E-state index in [1.165, 1.54) is 0 Å². The van der Waals surface area contributed by atoms with Crippen LogP contribution >= 0.6 is 22.6 Å². The first-order chi connectivity index (χ1) is 4.26. The summed E-state index contributed by atoms with van der Waals surface area (Å²) in [4.78, 5) is 10.6. The molecule has 0 saturated heterocycles. The number of halogens is 1. The maximum atomic E-state index is 10.6. The maximum Gasteiger partial charge on any atom is 0.182 e. The van der Waals surface area contributed by atoms with Gasteiger partial charge in [-0.3, -0.25) is 4.79 Å². The highest BCUT2D eigenvalue weighted by Gasteiger charge is 2.09. The first-order valence-electron chi connectivity index (χ1n) is 2.37. The lowest BCUT2D eigenvalue weighted by Crippen LogP contribution is -2.17. The van der Waals surface area contributed by atoms with Crippen LogP contribution in [0, 0.1) is 16.7 Å². The quantitative estimate of drug-likeness (QED) is 0.426. The van der Waals surface area contributed by atoms with Gasteiger partial charge in [-0.15, -0.1) is 0 Å². The molecule has 0 aromatic heterocycles. The number of hydrogen-bond acceptors (Lipinski definition) is 3. The van der Waals surface area contributed by atoms with Crippen molar-refractivity contribution in [3.8, 4) is 0 Å². The Kier molecular flexibility index (Phi) is 4.47. The van der Waals surface area contributed by atoms with E-state index < -0.39 is 0 Å². The fourth-order valence-electron chi connectivity index (χ4n) is 0.310. The second-order valence-electron chi connectivity index (χ2n) is 1.47. The summed E-state index contributed by atoms with van der Waals surface area (Å²) in [6.07, 6.45) is 1.83. The van der Waals surface area contributed by atoms with Gasteiger partial charge in [-0.2, -0.15) is 0 Å². The Morgan fingerprint density at radius 1 is 1.67 bits per heavy atom. The van der Waals surface area contributed by atoms with E-state index in [2.05, 4.69) is 0 Å². The molecular formula is C5H7IN2O. The van der Waals surface area contributed by atoms with E-state index in [0.717, 1.165) is 12.4 Å². The zero-order chi connectivity index (χ0) is 7.28. The maximum absolute atomic E-state index is 10.6. The van der Waals surface area contributed by atoms with Crippen LogP contribution in [0.4, 0.5) is 0 Å². The minimum Gasteiger partial charge on any atom is -0.312 e. The lowest BCUT2D eigenvalue weighted by Gasteiger charge is -1.98. The highest BCUT2D eigenvalue weighted by Crippen LogP contribution is 1.97. The van der Waals surface area contributed by atoms with Crippen molar-refractivity contribution in [2.24, 2.45) is 5.92 Å². The first-order valence-corrected chi connectivity index (χ1v) is 3.89. The van der Waals surface area contributed by atoms with Gasteiger partial charge in [0.1, 0.15) is 0 Å². The summed E-state index contributed by atoms with van der Waals surface area (Å²) in [5, 5.41) is 13.3. The SMILES string of the molecule is N=CC(=O)C(C=N)CI. The first kappa shape index (κ1) is 8.74. The summed E-state index contributed by atoms with van der Waals surface area (Å²) in [6.45, 7) is 0. The van der Waals surface area contributed by atoms with Gasteiger partial charge in [0.2, 0.25) is 0 Å². The number of nitrogens with one attached hydrogen (secondary N) is 2. The van der Waals surface area contributed by atoms with E-state index >= 15 is 0 Å². The second-order valence-corrected chi connectivity index (χ2v) is 2.35. The minimum absolute atomic E-state index is 0.292. The van der Waals surface area contributed by atoms with E-state index in [-0.39, 0.29) is 11.7 Å². The van der Waals surface area contributed by atoms with Crippen molar-refractivity contribution in [2.75, 3.05) is 4.43 Å². The van der Waals surface area contributed by atoms with Crippen molar-refractivity contribution in [2.45, 2.75) is 0 Å². The third-order valence-electron chi connectivity index (χ3n) is 0.875. The van der Waals surface area contributed by atoms with Crippen LogP contribution in [-0.2, 0) is 4.79 Å². The van der Waals surface area contributed by atoms with Gasteiger partial charge in [-0.05, 0) is 0 Å². The predicted octanol–water partition coefficient (Wildman–Crippen LogP) is 0.906. The van der Waals surface area contributed by atoms with Gasteiger partial charge in [-0.1, -0.05) is 22.6 Å². The Morgan fingerprint density at radius 2 is 2.22 bits per heavy atom. The molecule has 1 unspecified atom stereocenters. The molecule has 0 heterocycles. The lowest BCUT2D eigenvalue weighted by atomic mass is 10.1. The van der Waals surface area contributed by atoms with Crippen molar-refractivity contribution in [1.82, 2.24) is 0 Å². The molecule has 0 saturated carbocycles. The number of Topliss-reactive ketones (excluding diaryl/α,β-unsaturated/α-hetero) is 1. The molecule has 0 aliphatic carbocycles. The molecule has 4 heteroatoms. The number of ketones is 1. The number of hydrogen-bond donors (Lipinski definition) is 2. The topological polar surface area (TPSA) is 64.8 Å². The molecule has 0 aromatic rings. The zero-order valence-corrected chi connectivity index (χ0v) is 6.88. The fraction of sp³-hybridized carbons (Fsp3) is 0.400. The van der Waals surface area contributed by atoms with E-state index in [9.17, 15) is 4.79 Å². The van der Waals surface area contributed by atoms with Crippen molar-refractivity contribution >= 4 is 40.8 Å². The highest BCUT2D eigenvalue weighted by atomic mass is 127. The molecule has 0 spiro atoms. The van der Waals surface area contributed by atoms with Crippen LogP contribution in [0.3, 0.4) is 0 Å². The summed E-state index contributed by atoms with van der Waals surface area (Å²) in [7, 11) is 0.